The van der Waals surface area contributed by atoms with Gasteiger partial charge >= 0.3 is 0 Å². The van der Waals surface area contributed by atoms with Crippen molar-refractivity contribution >= 4 is 31.6 Å². The summed E-state index contributed by atoms with van der Waals surface area (Å²) in [5.41, 5.74) is 1.19. The Morgan fingerprint density at radius 3 is 3.05 bits per heavy atom. The van der Waals surface area contributed by atoms with Gasteiger partial charge in [-0.15, -0.1) is 11.3 Å². The third kappa shape index (κ3) is 3.33. The Hall–Kier alpha value is -0.990. The predicted molar refractivity (Wildman–Crippen MR) is 89.4 cm³/mol. The molecular weight excluding hydrogens is 320 g/mol. The van der Waals surface area contributed by atoms with Crippen molar-refractivity contribution in [2.75, 3.05) is 26.3 Å². The number of benzene rings is 1. The fourth-order valence-electron chi connectivity index (χ4n) is 2.69. The first-order chi connectivity index (χ1) is 10.6. The van der Waals surface area contributed by atoms with Crippen LogP contribution in [0.3, 0.4) is 0 Å². The molecule has 22 heavy (non-hydrogen) atoms. The number of hydrogen-bond donors (Lipinski definition) is 1. The van der Waals surface area contributed by atoms with Gasteiger partial charge in [0, 0.05) is 23.8 Å². The first kappa shape index (κ1) is 15.9. The van der Waals surface area contributed by atoms with Crippen molar-refractivity contribution in [3.8, 4) is 0 Å². The summed E-state index contributed by atoms with van der Waals surface area (Å²) in [5.74, 6) is 0. The number of nitrogens with one attached hydrogen (secondary N) is 1. The van der Waals surface area contributed by atoms with Crippen molar-refractivity contribution in [2.24, 2.45) is 0 Å². The molecule has 1 aromatic heterocycles. The Bertz CT molecular complexity index is 742. The van der Waals surface area contributed by atoms with Gasteiger partial charge in [-0.3, -0.25) is 0 Å². The zero-order valence-electron chi connectivity index (χ0n) is 12.5. The van der Waals surface area contributed by atoms with Crippen LogP contribution in [-0.2, 0) is 21.4 Å². The smallest absolute Gasteiger partial charge is 0.279 e. The van der Waals surface area contributed by atoms with E-state index in [1.807, 2.05) is 19.1 Å². The van der Waals surface area contributed by atoms with Crippen LogP contribution >= 0.6 is 11.3 Å². The molecule has 1 unspecified atom stereocenters. The van der Waals surface area contributed by atoms with E-state index in [9.17, 15) is 8.42 Å². The molecule has 7 heteroatoms. The monoisotopic (exact) mass is 340 g/mol. The van der Waals surface area contributed by atoms with Crippen molar-refractivity contribution in [1.82, 2.24) is 9.03 Å². The minimum Gasteiger partial charge on any atom is -0.378 e. The summed E-state index contributed by atoms with van der Waals surface area (Å²) in [4.78, 5) is 0. The molecule has 1 N–H and O–H groups in total. The van der Waals surface area contributed by atoms with E-state index < -0.39 is 10.2 Å². The molecule has 1 saturated heterocycles. The van der Waals surface area contributed by atoms with Crippen LogP contribution in [0, 0.1) is 0 Å². The highest BCUT2D eigenvalue weighted by Crippen LogP contribution is 2.25. The van der Waals surface area contributed by atoms with E-state index in [4.69, 9.17) is 4.74 Å². The molecule has 0 radical (unpaired) electrons. The van der Waals surface area contributed by atoms with Gasteiger partial charge in [-0.1, -0.05) is 18.2 Å². The van der Waals surface area contributed by atoms with Gasteiger partial charge in [0.1, 0.15) is 0 Å². The number of rotatable bonds is 5. The second-order valence-electron chi connectivity index (χ2n) is 5.44. The molecule has 0 amide bonds. The maximum Gasteiger partial charge on any atom is 0.279 e. The SMILES string of the molecule is CC1COCCN1S(=O)(=O)NCCc1csc2ccccc12. The van der Waals surface area contributed by atoms with Gasteiger partial charge in [-0.2, -0.15) is 12.7 Å². The van der Waals surface area contributed by atoms with Gasteiger partial charge in [0.2, 0.25) is 0 Å². The maximum absolute atomic E-state index is 12.3. The first-order valence-corrected chi connectivity index (χ1v) is 9.69. The Morgan fingerprint density at radius 2 is 2.23 bits per heavy atom. The number of hydrogen-bond acceptors (Lipinski definition) is 4. The quantitative estimate of drug-likeness (QED) is 0.906. The molecule has 1 aromatic carbocycles. The summed E-state index contributed by atoms with van der Waals surface area (Å²) in [6.07, 6.45) is 0.696. The van der Waals surface area contributed by atoms with Gasteiger partial charge in [-0.25, -0.2) is 4.72 Å². The highest BCUT2D eigenvalue weighted by Gasteiger charge is 2.29. The van der Waals surface area contributed by atoms with E-state index in [1.54, 1.807) is 11.3 Å². The molecule has 0 saturated carbocycles. The first-order valence-electron chi connectivity index (χ1n) is 7.37. The molecule has 2 aromatic rings. The summed E-state index contributed by atoms with van der Waals surface area (Å²) in [7, 11) is -3.43. The van der Waals surface area contributed by atoms with E-state index in [-0.39, 0.29) is 6.04 Å². The molecule has 5 nitrogen and oxygen atoms in total. The number of morpholine rings is 1. The third-order valence-electron chi connectivity index (χ3n) is 3.86. The number of ether oxygens (including phenoxy) is 1. The van der Waals surface area contributed by atoms with E-state index in [0.717, 1.165) is 0 Å². The lowest BCUT2D eigenvalue weighted by Crippen LogP contribution is -2.51. The highest BCUT2D eigenvalue weighted by molar-refractivity contribution is 7.87. The molecule has 3 rings (SSSR count). The van der Waals surface area contributed by atoms with E-state index in [2.05, 4.69) is 22.2 Å². The number of nitrogens with zero attached hydrogens (tertiary/aromatic N) is 1. The number of fused-ring (bicyclic) bond motifs is 1. The highest BCUT2D eigenvalue weighted by atomic mass is 32.2. The molecule has 0 spiro atoms. The van der Waals surface area contributed by atoms with E-state index in [0.29, 0.717) is 32.7 Å². The zero-order valence-corrected chi connectivity index (χ0v) is 14.1. The standard InChI is InChI=1S/C15H20N2O3S2/c1-12-10-20-9-8-17(12)22(18,19)16-7-6-13-11-21-15-5-3-2-4-14(13)15/h2-5,11-12,16H,6-10H2,1H3. The molecule has 0 aliphatic carbocycles. The molecular formula is C15H20N2O3S2. The van der Waals surface area contributed by atoms with Crippen LogP contribution in [0.2, 0.25) is 0 Å². The van der Waals surface area contributed by atoms with Crippen molar-refractivity contribution in [3.05, 3.63) is 35.2 Å². The average Bonchev–Trinajstić information content (AvgIpc) is 2.91. The van der Waals surface area contributed by atoms with E-state index >= 15 is 0 Å². The largest absolute Gasteiger partial charge is 0.378 e. The van der Waals surface area contributed by atoms with Gasteiger partial charge in [0.05, 0.1) is 13.2 Å². The Kier molecular flexibility index (Phi) is 4.79. The second-order valence-corrected chi connectivity index (χ2v) is 8.06. The van der Waals surface area contributed by atoms with Crippen molar-refractivity contribution < 1.29 is 13.2 Å². The normalized spacial score (nSPS) is 20.5. The van der Waals surface area contributed by atoms with Crippen LogP contribution in [-0.4, -0.2) is 45.1 Å². The summed E-state index contributed by atoms with van der Waals surface area (Å²) in [6.45, 7) is 3.60. The minimum atomic E-state index is -3.43. The Morgan fingerprint density at radius 1 is 1.41 bits per heavy atom. The van der Waals surface area contributed by atoms with E-state index in [1.165, 1.54) is 20.0 Å². The minimum absolute atomic E-state index is 0.117. The summed E-state index contributed by atoms with van der Waals surface area (Å²) < 4.78 is 35.4. The topological polar surface area (TPSA) is 58.6 Å². The van der Waals surface area contributed by atoms with Crippen LogP contribution in [0.15, 0.2) is 29.6 Å². The third-order valence-corrected chi connectivity index (χ3v) is 6.60. The van der Waals surface area contributed by atoms with Crippen LogP contribution in [0.5, 0.6) is 0 Å². The molecule has 1 aliphatic rings. The average molecular weight is 340 g/mol. The van der Waals surface area contributed by atoms with Crippen LogP contribution < -0.4 is 4.72 Å². The van der Waals surface area contributed by atoms with Crippen LogP contribution in [0.1, 0.15) is 12.5 Å². The molecule has 1 atom stereocenters. The molecule has 2 heterocycles. The lowest BCUT2D eigenvalue weighted by atomic mass is 10.1. The maximum atomic E-state index is 12.3. The van der Waals surface area contributed by atoms with Crippen LogP contribution in [0.25, 0.3) is 10.1 Å². The zero-order chi connectivity index (χ0) is 15.6. The number of thiophene rings is 1. The second kappa shape index (κ2) is 6.64. The summed E-state index contributed by atoms with van der Waals surface area (Å²) >= 11 is 1.70. The molecule has 0 bridgehead atoms. The van der Waals surface area contributed by atoms with Crippen LogP contribution in [0.4, 0.5) is 0 Å². The molecule has 1 fully saturated rings. The van der Waals surface area contributed by atoms with Gasteiger partial charge < -0.3 is 4.74 Å². The predicted octanol–water partition coefficient (Wildman–Crippen LogP) is 2.00. The van der Waals surface area contributed by atoms with Gasteiger partial charge in [0.25, 0.3) is 10.2 Å². The summed E-state index contributed by atoms with van der Waals surface area (Å²) in [5, 5.41) is 3.32. The fraction of sp³-hybridized carbons (Fsp3) is 0.467. The Balaban J connectivity index is 1.62. The Labute approximate surface area is 135 Å². The fourth-order valence-corrected chi connectivity index (χ4v) is 5.07. The lowest BCUT2D eigenvalue weighted by Gasteiger charge is -2.32. The van der Waals surface area contributed by atoms with Crippen molar-refractivity contribution in [1.29, 1.82) is 0 Å². The van der Waals surface area contributed by atoms with Gasteiger partial charge in [-0.05, 0) is 35.7 Å². The molecule has 120 valence electrons. The molecule has 1 aliphatic heterocycles. The van der Waals surface area contributed by atoms with Crippen molar-refractivity contribution in [3.63, 3.8) is 0 Å². The lowest BCUT2D eigenvalue weighted by molar-refractivity contribution is 0.0387. The summed E-state index contributed by atoms with van der Waals surface area (Å²) in [6, 6.07) is 8.08. The van der Waals surface area contributed by atoms with Crippen molar-refractivity contribution in [2.45, 2.75) is 19.4 Å². The van der Waals surface area contributed by atoms with Gasteiger partial charge in [0.15, 0.2) is 0 Å².